The van der Waals surface area contributed by atoms with E-state index in [1.807, 2.05) is 39.8 Å². The summed E-state index contributed by atoms with van der Waals surface area (Å²) >= 11 is 5.82. The van der Waals surface area contributed by atoms with Crippen molar-refractivity contribution in [2.45, 2.75) is 45.9 Å². The molecule has 2 amide bonds. The molecule has 0 bridgehead atoms. The van der Waals surface area contributed by atoms with Gasteiger partial charge in [-0.15, -0.1) is 0 Å². The number of ether oxygens (including phenoxy) is 2. The van der Waals surface area contributed by atoms with E-state index in [0.717, 1.165) is 11.1 Å². The molecule has 2 aromatic carbocycles. The lowest BCUT2D eigenvalue weighted by molar-refractivity contribution is 0.0508. The van der Waals surface area contributed by atoms with E-state index < -0.39 is 17.8 Å². The highest BCUT2D eigenvalue weighted by Crippen LogP contribution is 2.18. The molecule has 0 radical (unpaired) electrons. The molecule has 2 N–H and O–H groups in total. The van der Waals surface area contributed by atoms with E-state index in [1.54, 1.807) is 36.4 Å². The van der Waals surface area contributed by atoms with Crippen LogP contribution in [-0.2, 0) is 16.1 Å². The van der Waals surface area contributed by atoms with Crippen molar-refractivity contribution >= 4 is 29.5 Å². The zero-order chi connectivity index (χ0) is 20.7. The molecule has 150 valence electrons. The lowest BCUT2D eigenvalue weighted by atomic mass is 10.1. The molecule has 6 nitrogen and oxygen atoms in total. The Morgan fingerprint density at radius 2 is 1.61 bits per heavy atom. The number of nitrogens with one attached hydrogen (secondary N) is 2. The summed E-state index contributed by atoms with van der Waals surface area (Å²) < 4.78 is 10.4. The predicted molar refractivity (Wildman–Crippen MR) is 109 cm³/mol. The first kappa shape index (κ1) is 21.6. The Labute approximate surface area is 170 Å². The van der Waals surface area contributed by atoms with Gasteiger partial charge in [-0.05, 0) is 63.1 Å². The minimum absolute atomic E-state index is 0.151. The zero-order valence-corrected chi connectivity index (χ0v) is 17.2. The van der Waals surface area contributed by atoms with Gasteiger partial charge in [0.05, 0.1) is 6.04 Å². The first-order valence-corrected chi connectivity index (χ1v) is 9.28. The van der Waals surface area contributed by atoms with E-state index in [-0.39, 0.29) is 12.6 Å². The van der Waals surface area contributed by atoms with E-state index in [2.05, 4.69) is 10.6 Å². The summed E-state index contributed by atoms with van der Waals surface area (Å²) in [5.74, 6) is 0. The molecule has 2 aromatic rings. The summed E-state index contributed by atoms with van der Waals surface area (Å²) in [6, 6.07) is 14.0. The Balaban J connectivity index is 1.83. The van der Waals surface area contributed by atoms with Gasteiger partial charge >= 0.3 is 12.2 Å². The third kappa shape index (κ3) is 7.48. The molecule has 0 heterocycles. The molecule has 7 heteroatoms. The van der Waals surface area contributed by atoms with Crippen LogP contribution in [0.3, 0.4) is 0 Å². The van der Waals surface area contributed by atoms with Crippen LogP contribution in [-0.4, -0.2) is 17.8 Å². The number of amides is 2. The van der Waals surface area contributed by atoms with Gasteiger partial charge in [-0.25, -0.2) is 9.59 Å². The van der Waals surface area contributed by atoms with E-state index in [9.17, 15) is 9.59 Å². The molecule has 28 heavy (non-hydrogen) atoms. The number of hydrogen-bond donors (Lipinski definition) is 2. The Kier molecular flexibility index (Phi) is 7.29. The Hall–Kier alpha value is -2.73. The van der Waals surface area contributed by atoms with Gasteiger partial charge in [0.1, 0.15) is 12.2 Å². The second-order valence-electron chi connectivity index (χ2n) is 7.32. The first-order valence-electron chi connectivity index (χ1n) is 8.90. The monoisotopic (exact) mass is 404 g/mol. The fourth-order valence-corrected chi connectivity index (χ4v) is 2.43. The Morgan fingerprint density at radius 3 is 2.18 bits per heavy atom. The fourth-order valence-electron chi connectivity index (χ4n) is 2.31. The molecular formula is C21H25ClN2O4. The van der Waals surface area contributed by atoms with Crippen LogP contribution in [0.2, 0.25) is 5.02 Å². The van der Waals surface area contributed by atoms with Crippen molar-refractivity contribution in [3.05, 3.63) is 64.7 Å². The molecule has 0 aliphatic carbocycles. The first-order chi connectivity index (χ1) is 13.1. The average Bonchev–Trinajstić information content (AvgIpc) is 2.60. The topological polar surface area (TPSA) is 76.7 Å². The third-order valence-corrected chi connectivity index (χ3v) is 3.93. The predicted octanol–water partition coefficient (Wildman–Crippen LogP) is 5.67. The standard InChI is InChI=1S/C21H25ClN2O4/c1-14(23-20(26)28-21(2,3)4)16-7-11-18(12-8-16)24-19(25)27-13-15-5-9-17(22)10-6-15/h5-12,14H,13H2,1-4H3,(H,23,26)(H,24,25)/t14-/m0/s1. The SMILES string of the molecule is C[C@H](NC(=O)OC(C)(C)C)c1ccc(NC(=O)OCc2ccc(Cl)cc2)cc1. The number of anilines is 1. The van der Waals surface area contributed by atoms with Crippen molar-refractivity contribution < 1.29 is 19.1 Å². The van der Waals surface area contributed by atoms with Crippen molar-refractivity contribution in [3.63, 3.8) is 0 Å². The largest absolute Gasteiger partial charge is 0.444 e. The third-order valence-electron chi connectivity index (χ3n) is 3.67. The molecule has 1 atom stereocenters. The van der Waals surface area contributed by atoms with Crippen molar-refractivity contribution in [3.8, 4) is 0 Å². The van der Waals surface area contributed by atoms with Crippen molar-refractivity contribution in [2.24, 2.45) is 0 Å². The van der Waals surface area contributed by atoms with Crippen LogP contribution >= 0.6 is 11.6 Å². The van der Waals surface area contributed by atoms with E-state index in [1.165, 1.54) is 0 Å². The molecule has 0 unspecified atom stereocenters. The zero-order valence-electron chi connectivity index (χ0n) is 16.4. The van der Waals surface area contributed by atoms with Crippen molar-refractivity contribution in [1.82, 2.24) is 5.32 Å². The Morgan fingerprint density at radius 1 is 1.00 bits per heavy atom. The number of alkyl carbamates (subject to hydrolysis) is 1. The maximum Gasteiger partial charge on any atom is 0.411 e. The molecule has 0 aliphatic heterocycles. The summed E-state index contributed by atoms with van der Waals surface area (Å²) in [5.41, 5.74) is 1.77. The van der Waals surface area contributed by atoms with E-state index in [4.69, 9.17) is 21.1 Å². The molecule has 0 saturated heterocycles. The number of carbonyl (C=O) groups excluding carboxylic acids is 2. The maximum absolute atomic E-state index is 11.9. The van der Waals surface area contributed by atoms with Gasteiger partial charge in [-0.1, -0.05) is 35.9 Å². The second kappa shape index (κ2) is 9.46. The minimum atomic E-state index is -0.553. The van der Waals surface area contributed by atoms with Crippen molar-refractivity contribution in [1.29, 1.82) is 0 Å². The summed E-state index contributed by atoms with van der Waals surface area (Å²) in [6.07, 6.45) is -1.03. The van der Waals surface area contributed by atoms with Gasteiger partial charge < -0.3 is 14.8 Å². The highest BCUT2D eigenvalue weighted by molar-refractivity contribution is 6.30. The average molecular weight is 405 g/mol. The summed E-state index contributed by atoms with van der Waals surface area (Å²) in [6.45, 7) is 7.43. The quantitative estimate of drug-likeness (QED) is 0.672. The van der Waals surface area contributed by atoms with Crippen LogP contribution in [0, 0.1) is 0 Å². The molecule has 0 spiro atoms. The molecular weight excluding hydrogens is 380 g/mol. The smallest absolute Gasteiger partial charge is 0.411 e. The van der Waals surface area contributed by atoms with Crippen molar-refractivity contribution in [2.75, 3.05) is 5.32 Å². The summed E-state index contributed by atoms with van der Waals surface area (Å²) in [5, 5.41) is 6.06. The van der Waals surface area contributed by atoms with Crippen LogP contribution in [0.5, 0.6) is 0 Å². The highest BCUT2D eigenvalue weighted by atomic mass is 35.5. The van der Waals surface area contributed by atoms with Crippen LogP contribution in [0.15, 0.2) is 48.5 Å². The number of hydrogen-bond acceptors (Lipinski definition) is 4. The summed E-state index contributed by atoms with van der Waals surface area (Å²) in [4.78, 5) is 23.8. The van der Waals surface area contributed by atoms with Gasteiger partial charge in [0.25, 0.3) is 0 Å². The highest BCUT2D eigenvalue weighted by Gasteiger charge is 2.18. The molecule has 0 fully saturated rings. The minimum Gasteiger partial charge on any atom is -0.444 e. The van der Waals surface area contributed by atoms with E-state index >= 15 is 0 Å². The number of benzene rings is 2. The van der Waals surface area contributed by atoms with Gasteiger partial charge in [-0.2, -0.15) is 0 Å². The molecule has 0 aliphatic rings. The number of halogens is 1. The normalized spacial score (nSPS) is 12.0. The maximum atomic E-state index is 11.9. The lowest BCUT2D eigenvalue weighted by Gasteiger charge is -2.22. The Bertz CT molecular complexity index is 799. The molecule has 2 rings (SSSR count). The van der Waals surface area contributed by atoms with Crippen LogP contribution in [0.25, 0.3) is 0 Å². The molecule has 0 aromatic heterocycles. The van der Waals surface area contributed by atoms with Gasteiger partial charge in [-0.3, -0.25) is 5.32 Å². The van der Waals surface area contributed by atoms with Crippen LogP contribution in [0.1, 0.15) is 44.9 Å². The van der Waals surface area contributed by atoms with E-state index in [0.29, 0.717) is 10.7 Å². The number of rotatable bonds is 5. The van der Waals surface area contributed by atoms with Crippen LogP contribution < -0.4 is 10.6 Å². The van der Waals surface area contributed by atoms with Gasteiger partial charge in [0, 0.05) is 10.7 Å². The molecule has 0 saturated carbocycles. The van der Waals surface area contributed by atoms with Gasteiger partial charge in [0.15, 0.2) is 0 Å². The van der Waals surface area contributed by atoms with Crippen LogP contribution in [0.4, 0.5) is 15.3 Å². The number of carbonyl (C=O) groups is 2. The lowest BCUT2D eigenvalue weighted by Crippen LogP contribution is -2.34. The van der Waals surface area contributed by atoms with Gasteiger partial charge in [0.2, 0.25) is 0 Å². The summed E-state index contributed by atoms with van der Waals surface area (Å²) in [7, 11) is 0. The fraction of sp³-hybridized carbons (Fsp3) is 0.333. The second-order valence-corrected chi connectivity index (χ2v) is 7.75.